The van der Waals surface area contributed by atoms with Crippen LogP contribution in [0.5, 0.6) is 11.5 Å². The first kappa shape index (κ1) is 20.7. The number of alkyl halides is 6. The van der Waals surface area contributed by atoms with Crippen LogP contribution in [0.25, 0.3) is 0 Å². The van der Waals surface area contributed by atoms with Crippen molar-refractivity contribution in [3.05, 3.63) is 47.5 Å². The summed E-state index contributed by atoms with van der Waals surface area (Å²) in [4.78, 5) is -0.619. The van der Waals surface area contributed by atoms with Crippen LogP contribution in [0.4, 0.5) is 32.0 Å². The van der Waals surface area contributed by atoms with Crippen LogP contribution in [0.1, 0.15) is 11.1 Å². The first-order valence-electron chi connectivity index (χ1n) is 6.94. The molecule has 27 heavy (non-hydrogen) atoms. The molecular formula is C15H11F6NO4S. The van der Waals surface area contributed by atoms with Crippen molar-refractivity contribution >= 4 is 15.7 Å². The summed E-state index contributed by atoms with van der Waals surface area (Å²) in [5, 5.41) is 9.40. The van der Waals surface area contributed by atoms with Gasteiger partial charge in [0.1, 0.15) is 11.5 Å². The van der Waals surface area contributed by atoms with E-state index < -0.39 is 55.6 Å². The quantitative estimate of drug-likeness (QED) is 0.733. The highest BCUT2D eigenvalue weighted by molar-refractivity contribution is 7.92. The highest BCUT2D eigenvalue weighted by Gasteiger charge is 2.36. The number of sulfonamides is 1. The summed E-state index contributed by atoms with van der Waals surface area (Å²) in [6.45, 7) is 0. The van der Waals surface area contributed by atoms with Gasteiger partial charge in [-0.2, -0.15) is 26.3 Å². The predicted octanol–water partition coefficient (Wildman–Crippen LogP) is 4.24. The Hall–Kier alpha value is -2.63. The number of methoxy groups -OCH3 is 1. The number of nitrogens with one attached hydrogen (secondary N) is 1. The van der Waals surface area contributed by atoms with Gasteiger partial charge in [0.15, 0.2) is 0 Å². The molecule has 2 aromatic carbocycles. The molecule has 2 N–H and O–H groups in total. The van der Waals surface area contributed by atoms with Gasteiger partial charge in [0.2, 0.25) is 0 Å². The molecule has 0 aromatic heterocycles. The number of phenols is 1. The Morgan fingerprint density at radius 3 is 1.96 bits per heavy atom. The topological polar surface area (TPSA) is 75.6 Å². The van der Waals surface area contributed by atoms with E-state index in [1.54, 1.807) is 0 Å². The maximum Gasteiger partial charge on any atom is 0.419 e. The Kier molecular flexibility index (Phi) is 5.23. The van der Waals surface area contributed by atoms with Crippen molar-refractivity contribution in [2.45, 2.75) is 17.2 Å². The minimum atomic E-state index is -4.84. The predicted molar refractivity (Wildman–Crippen MR) is 81.9 cm³/mol. The van der Waals surface area contributed by atoms with Gasteiger partial charge in [-0.25, -0.2) is 8.42 Å². The van der Waals surface area contributed by atoms with Crippen molar-refractivity contribution in [3.8, 4) is 11.5 Å². The summed E-state index contributed by atoms with van der Waals surface area (Å²) < 4.78 is 107. The number of hydrogen-bond acceptors (Lipinski definition) is 4. The fourth-order valence-electron chi connectivity index (χ4n) is 2.12. The Morgan fingerprint density at radius 1 is 0.926 bits per heavy atom. The SMILES string of the molecule is COc1cc(S(=O)(=O)Nc2ccc(C(F)(F)F)c(O)c2)ccc1C(F)(F)F. The Labute approximate surface area is 149 Å². The van der Waals surface area contributed by atoms with Crippen molar-refractivity contribution < 1.29 is 44.6 Å². The van der Waals surface area contributed by atoms with E-state index in [4.69, 9.17) is 0 Å². The lowest BCUT2D eigenvalue weighted by Crippen LogP contribution is -2.15. The van der Waals surface area contributed by atoms with Crippen molar-refractivity contribution in [3.63, 3.8) is 0 Å². The molecule has 0 fully saturated rings. The second kappa shape index (κ2) is 6.83. The Bertz CT molecular complexity index is 954. The first-order chi connectivity index (χ1) is 12.3. The van der Waals surface area contributed by atoms with Gasteiger partial charge in [-0.1, -0.05) is 0 Å². The molecule has 0 saturated carbocycles. The number of phenolic OH excluding ortho intramolecular Hbond substituents is 1. The van der Waals surface area contributed by atoms with Gasteiger partial charge in [0.25, 0.3) is 10.0 Å². The molecule has 0 radical (unpaired) electrons. The van der Waals surface area contributed by atoms with Crippen molar-refractivity contribution in [2.75, 3.05) is 11.8 Å². The molecule has 2 rings (SSSR count). The van der Waals surface area contributed by atoms with Crippen LogP contribution >= 0.6 is 0 Å². The van der Waals surface area contributed by atoms with Gasteiger partial charge in [0, 0.05) is 12.1 Å². The maximum absolute atomic E-state index is 12.8. The number of hydrogen-bond donors (Lipinski definition) is 2. The maximum atomic E-state index is 12.8. The molecule has 12 heteroatoms. The number of benzene rings is 2. The van der Waals surface area contributed by atoms with E-state index in [0.717, 1.165) is 13.2 Å². The molecule has 148 valence electrons. The summed E-state index contributed by atoms with van der Waals surface area (Å²) in [5.41, 5.74) is -2.99. The van der Waals surface area contributed by atoms with Crippen molar-refractivity contribution in [1.82, 2.24) is 0 Å². The lowest BCUT2D eigenvalue weighted by atomic mass is 10.2. The average molecular weight is 415 g/mol. The van der Waals surface area contributed by atoms with Crippen LogP contribution in [-0.4, -0.2) is 20.6 Å². The monoisotopic (exact) mass is 415 g/mol. The third-order valence-corrected chi connectivity index (χ3v) is 4.72. The van der Waals surface area contributed by atoms with Gasteiger partial charge in [-0.3, -0.25) is 4.72 Å². The lowest BCUT2D eigenvalue weighted by molar-refractivity contribution is -0.139. The van der Waals surface area contributed by atoms with Crippen LogP contribution in [0.3, 0.4) is 0 Å². The second-order valence-electron chi connectivity index (χ2n) is 5.20. The van der Waals surface area contributed by atoms with Gasteiger partial charge < -0.3 is 9.84 Å². The zero-order valence-corrected chi connectivity index (χ0v) is 14.1. The fourth-order valence-corrected chi connectivity index (χ4v) is 3.19. The molecule has 2 aromatic rings. The molecule has 0 saturated heterocycles. The number of aromatic hydroxyl groups is 1. The normalized spacial score (nSPS) is 12.7. The van der Waals surface area contributed by atoms with Crippen LogP contribution in [0, 0.1) is 0 Å². The Balaban J connectivity index is 2.39. The third kappa shape index (κ3) is 4.56. The summed E-state index contributed by atoms with van der Waals surface area (Å²) in [6.07, 6.45) is -9.62. The molecule has 0 bridgehead atoms. The van der Waals surface area contributed by atoms with Gasteiger partial charge in [-0.15, -0.1) is 0 Å². The van der Waals surface area contributed by atoms with Crippen molar-refractivity contribution in [1.29, 1.82) is 0 Å². The minimum Gasteiger partial charge on any atom is -0.507 e. The van der Waals surface area contributed by atoms with Crippen LogP contribution in [0.2, 0.25) is 0 Å². The van der Waals surface area contributed by atoms with Gasteiger partial charge in [-0.05, 0) is 24.3 Å². The molecule has 5 nitrogen and oxygen atoms in total. The Morgan fingerprint density at radius 2 is 1.48 bits per heavy atom. The van der Waals surface area contributed by atoms with Gasteiger partial charge in [0.05, 0.1) is 28.8 Å². The highest BCUT2D eigenvalue weighted by Crippen LogP contribution is 2.39. The molecule has 0 aliphatic rings. The van der Waals surface area contributed by atoms with E-state index >= 15 is 0 Å². The largest absolute Gasteiger partial charge is 0.507 e. The summed E-state index contributed by atoms with van der Waals surface area (Å²) in [5.74, 6) is -1.96. The highest BCUT2D eigenvalue weighted by atomic mass is 32.2. The first-order valence-corrected chi connectivity index (χ1v) is 8.42. The van der Waals surface area contributed by atoms with E-state index in [0.29, 0.717) is 30.3 Å². The average Bonchev–Trinajstić information content (AvgIpc) is 2.51. The molecule has 0 aliphatic carbocycles. The summed E-state index contributed by atoms with van der Waals surface area (Å²) in [6, 6.07) is 3.52. The zero-order chi connectivity index (χ0) is 20.6. The van der Waals surface area contributed by atoms with Crippen LogP contribution in [-0.2, 0) is 22.4 Å². The number of anilines is 1. The van der Waals surface area contributed by atoms with Crippen LogP contribution in [0.15, 0.2) is 41.3 Å². The molecule has 0 unspecified atom stereocenters. The standard InChI is InChI=1S/C15H11F6NO4S/c1-26-13-7-9(3-5-11(13)15(19,20)21)27(24,25)22-8-2-4-10(12(23)6-8)14(16,17)18/h2-7,22-23H,1H3. The molecule has 0 aliphatic heterocycles. The second-order valence-corrected chi connectivity index (χ2v) is 6.88. The van der Waals surface area contributed by atoms with E-state index in [9.17, 15) is 39.9 Å². The van der Waals surface area contributed by atoms with E-state index in [2.05, 4.69) is 4.74 Å². The number of rotatable bonds is 4. The van der Waals surface area contributed by atoms with Gasteiger partial charge >= 0.3 is 12.4 Å². The molecular weight excluding hydrogens is 404 g/mol. The molecule has 0 atom stereocenters. The van der Waals surface area contributed by atoms with Crippen LogP contribution < -0.4 is 9.46 Å². The molecule has 0 spiro atoms. The van der Waals surface area contributed by atoms with E-state index in [1.165, 1.54) is 0 Å². The fraction of sp³-hybridized carbons (Fsp3) is 0.200. The third-order valence-electron chi connectivity index (χ3n) is 3.34. The van der Waals surface area contributed by atoms with E-state index in [-0.39, 0.29) is 0 Å². The smallest absolute Gasteiger partial charge is 0.419 e. The van der Waals surface area contributed by atoms with Crippen molar-refractivity contribution in [2.24, 2.45) is 0 Å². The lowest BCUT2D eigenvalue weighted by Gasteiger charge is -2.15. The minimum absolute atomic E-state index is 0.417. The summed E-state index contributed by atoms with van der Waals surface area (Å²) in [7, 11) is -3.54. The van der Waals surface area contributed by atoms with E-state index in [1.807, 2.05) is 4.72 Å². The number of ether oxygens (including phenoxy) is 1. The molecule has 0 amide bonds. The summed E-state index contributed by atoms with van der Waals surface area (Å²) >= 11 is 0. The molecule has 0 heterocycles. The zero-order valence-electron chi connectivity index (χ0n) is 13.3. The number of halogens is 6.